The van der Waals surface area contributed by atoms with Crippen LogP contribution < -0.4 is 5.32 Å². The lowest BCUT2D eigenvalue weighted by Crippen LogP contribution is -2.63. The topological polar surface area (TPSA) is 97.8 Å². The van der Waals surface area contributed by atoms with E-state index in [1.807, 2.05) is 12.1 Å². The number of rotatable bonds is 5. The number of ether oxygens (including phenoxy) is 2. The lowest BCUT2D eigenvalue weighted by Gasteiger charge is -2.61. The highest BCUT2D eigenvalue weighted by Gasteiger charge is 2.68. The van der Waals surface area contributed by atoms with Crippen LogP contribution in [0.1, 0.15) is 71.8 Å². The van der Waals surface area contributed by atoms with E-state index in [0.29, 0.717) is 25.3 Å². The second-order valence-electron chi connectivity index (χ2n) is 14.5. The molecule has 8 heteroatoms. The van der Waals surface area contributed by atoms with E-state index in [2.05, 4.69) is 42.9 Å². The lowest BCUT2D eigenvalue weighted by atomic mass is 9.43. The predicted octanol–water partition coefficient (Wildman–Crippen LogP) is 4.66. The van der Waals surface area contributed by atoms with E-state index < -0.39 is 23.0 Å². The third kappa shape index (κ3) is 4.55. The summed E-state index contributed by atoms with van der Waals surface area (Å²) in [7, 11) is 1.78. The molecule has 5 fully saturated rings. The van der Waals surface area contributed by atoms with E-state index in [0.717, 1.165) is 50.8 Å². The van der Waals surface area contributed by atoms with E-state index in [9.17, 15) is 14.4 Å². The van der Waals surface area contributed by atoms with Gasteiger partial charge in [0.15, 0.2) is 0 Å². The van der Waals surface area contributed by atoms with Gasteiger partial charge in [0.25, 0.3) is 0 Å². The fourth-order valence-electron chi connectivity index (χ4n) is 10.2. The molecule has 5 aliphatic rings. The number of aromatic nitrogens is 1. The first-order valence-corrected chi connectivity index (χ1v) is 15.7. The van der Waals surface area contributed by atoms with Crippen LogP contribution in [-0.4, -0.2) is 66.6 Å². The maximum absolute atomic E-state index is 14.6. The van der Waals surface area contributed by atoms with Gasteiger partial charge in [-0.3, -0.25) is 19.9 Å². The van der Waals surface area contributed by atoms with Gasteiger partial charge in [0.2, 0.25) is 5.91 Å². The van der Waals surface area contributed by atoms with Crippen LogP contribution in [0.3, 0.4) is 0 Å². The Hall–Kier alpha value is -2.32. The van der Waals surface area contributed by atoms with Crippen molar-refractivity contribution in [1.82, 2.24) is 15.2 Å². The van der Waals surface area contributed by atoms with Gasteiger partial charge in [-0.25, -0.2) is 4.79 Å². The minimum Gasteiger partial charge on any atom is -0.445 e. The molecule has 1 N–H and O–H groups in total. The predicted molar refractivity (Wildman–Crippen MR) is 154 cm³/mol. The average molecular weight is 566 g/mol. The van der Waals surface area contributed by atoms with E-state index in [1.165, 1.54) is 0 Å². The maximum atomic E-state index is 14.6. The van der Waals surface area contributed by atoms with E-state index in [4.69, 9.17) is 9.47 Å². The Morgan fingerprint density at radius 1 is 1.10 bits per heavy atom. The summed E-state index contributed by atoms with van der Waals surface area (Å²) < 4.78 is 12.5. The first-order valence-electron chi connectivity index (χ1n) is 15.7. The summed E-state index contributed by atoms with van der Waals surface area (Å²) in [4.78, 5) is 47.8. The number of hydrogen-bond acceptors (Lipinski definition) is 7. The number of Topliss-reactive ketones (excluding diaryl/α,β-unsaturated/α-hetero) is 1. The summed E-state index contributed by atoms with van der Waals surface area (Å²) in [6.45, 7) is 11.4. The molecule has 8 nitrogen and oxygen atoms in total. The molecule has 3 heterocycles. The van der Waals surface area contributed by atoms with E-state index in [-0.39, 0.29) is 46.9 Å². The molecule has 6 rings (SSSR count). The number of hydrogen-bond donors (Lipinski definition) is 1. The number of imide groups is 1. The fourth-order valence-corrected chi connectivity index (χ4v) is 10.2. The van der Waals surface area contributed by atoms with Crippen molar-refractivity contribution < 1.29 is 23.9 Å². The summed E-state index contributed by atoms with van der Waals surface area (Å²) in [5.74, 6) is 0.365. The van der Waals surface area contributed by atoms with Crippen LogP contribution in [0.4, 0.5) is 4.79 Å². The van der Waals surface area contributed by atoms with Gasteiger partial charge in [0.1, 0.15) is 11.9 Å². The molecule has 0 aromatic carbocycles. The first-order chi connectivity index (χ1) is 19.5. The van der Waals surface area contributed by atoms with Crippen molar-refractivity contribution in [2.24, 2.45) is 45.8 Å². The molecule has 4 bridgehead atoms. The normalized spacial score (nSPS) is 45.0. The number of nitrogens with one attached hydrogen (secondary N) is 1. The first kappa shape index (κ1) is 28.8. The highest BCUT2D eigenvalue weighted by molar-refractivity contribution is 5.94. The number of methoxy groups -OCH3 is 1. The van der Waals surface area contributed by atoms with Crippen LogP contribution in [0.15, 0.2) is 24.5 Å². The summed E-state index contributed by atoms with van der Waals surface area (Å²) in [6.07, 6.45) is 8.06. The molecule has 3 aliphatic carbocycles. The molecule has 2 saturated heterocycles. The zero-order valence-corrected chi connectivity index (χ0v) is 25.4. The molecular weight excluding hydrogens is 518 g/mol. The van der Waals surface area contributed by atoms with Gasteiger partial charge < -0.3 is 14.4 Å². The van der Waals surface area contributed by atoms with Gasteiger partial charge >= 0.3 is 6.09 Å². The number of nitrogens with zero attached hydrogens (tertiary/aromatic N) is 2. The SMILES string of the molecule is CO[C@@H]1CCC23CC[C@@H](C)[C@](C)(C12)[C@H](OC(=O)NC(=O)[C@H]1CN2CC[C@@H]1C2)C[C@@](C)(Cc1ccncc1)C(=O)[C@@H]3C. The lowest BCUT2D eigenvalue weighted by molar-refractivity contribution is -0.192. The Labute approximate surface area is 244 Å². The van der Waals surface area contributed by atoms with Crippen LogP contribution in [0.25, 0.3) is 0 Å². The number of pyridine rings is 1. The summed E-state index contributed by atoms with van der Waals surface area (Å²) in [6, 6.07) is 3.94. The van der Waals surface area contributed by atoms with Crippen molar-refractivity contribution in [2.75, 3.05) is 26.7 Å². The standard InChI is InChI=1S/C33H47N3O5/c1-20-6-11-33-12-7-25(40-5)27(33)32(20,4)26(41-30(39)35-29(38)24-19-36-15-10-23(24)18-36)17-31(3,28(37)21(33)2)16-22-8-13-34-14-9-22/h8-9,13-14,20-21,23-27H,6-7,10-12,15-19H2,1-5H3,(H,35,38,39)/t20-,21+,23-,24+,25-,26-,27?,31-,32+,33?/m1/s1. The molecule has 224 valence electrons. The van der Waals surface area contributed by atoms with Crippen molar-refractivity contribution in [1.29, 1.82) is 0 Å². The van der Waals surface area contributed by atoms with Crippen molar-refractivity contribution in [3.8, 4) is 0 Å². The number of carbonyl (C=O) groups is 3. The summed E-state index contributed by atoms with van der Waals surface area (Å²) >= 11 is 0. The molecule has 1 aromatic rings. The third-order valence-corrected chi connectivity index (χ3v) is 12.6. The second-order valence-corrected chi connectivity index (χ2v) is 14.5. The largest absolute Gasteiger partial charge is 0.445 e. The Morgan fingerprint density at radius 3 is 2.49 bits per heavy atom. The van der Waals surface area contributed by atoms with Gasteiger partial charge in [-0.1, -0.05) is 27.7 Å². The number of ketones is 1. The Morgan fingerprint density at radius 2 is 1.83 bits per heavy atom. The Balaban J connectivity index is 1.36. The molecule has 3 unspecified atom stereocenters. The van der Waals surface area contributed by atoms with Crippen molar-refractivity contribution in [3.05, 3.63) is 30.1 Å². The fraction of sp³-hybridized carbons (Fsp3) is 0.758. The minimum absolute atomic E-state index is 0.00133. The number of alkyl carbamates (subject to hydrolysis) is 1. The Kier molecular flexibility index (Phi) is 7.33. The number of carbonyl (C=O) groups excluding carboxylic acids is 3. The molecule has 0 radical (unpaired) electrons. The van der Waals surface area contributed by atoms with Gasteiger partial charge in [-0.2, -0.15) is 0 Å². The van der Waals surface area contributed by atoms with Crippen molar-refractivity contribution >= 4 is 17.8 Å². The minimum atomic E-state index is -0.741. The molecule has 2 amide bonds. The van der Waals surface area contributed by atoms with E-state index >= 15 is 0 Å². The molecule has 0 spiro atoms. The maximum Gasteiger partial charge on any atom is 0.414 e. The van der Waals surface area contributed by atoms with Gasteiger partial charge in [0, 0.05) is 55.3 Å². The Bertz CT molecular complexity index is 1190. The molecule has 11 atom stereocenters. The van der Waals surface area contributed by atoms with Gasteiger partial charge in [-0.15, -0.1) is 0 Å². The number of fused-ring (bicyclic) bond motifs is 2. The average Bonchev–Trinajstić information content (AvgIpc) is 3.69. The van der Waals surface area contributed by atoms with Gasteiger partial charge in [0.05, 0.1) is 12.0 Å². The zero-order valence-electron chi connectivity index (χ0n) is 25.4. The molecule has 2 aliphatic heterocycles. The monoisotopic (exact) mass is 565 g/mol. The summed E-state index contributed by atoms with van der Waals surface area (Å²) in [5, 5.41) is 2.63. The molecular formula is C33H47N3O5. The van der Waals surface area contributed by atoms with Crippen LogP contribution >= 0.6 is 0 Å². The second kappa shape index (κ2) is 10.4. The highest BCUT2D eigenvalue weighted by Crippen LogP contribution is 2.68. The number of piperidine rings is 1. The number of amides is 2. The van der Waals surface area contributed by atoms with Crippen molar-refractivity contribution in [2.45, 2.75) is 84.8 Å². The molecule has 1 aromatic heterocycles. The van der Waals surface area contributed by atoms with Crippen LogP contribution in [0, 0.1) is 45.8 Å². The summed E-state index contributed by atoms with van der Waals surface area (Å²) in [5.41, 5.74) is -0.311. The highest BCUT2D eigenvalue weighted by atomic mass is 16.6. The van der Waals surface area contributed by atoms with Crippen molar-refractivity contribution in [3.63, 3.8) is 0 Å². The van der Waals surface area contributed by atoms with Crippen LogP contribution in [0.2, 0.25) is 0 Å². The third-order valence-electron chi connectivity index (χ3n) is 12.6. The van der Waals surface area contributed by atoms with Crippen LogP contribution in [0.5, 0.6) is 0 Å². The quantitative estimate of drug-likeness (QED) is 0.555. The molecule has 3 saturated carbocycles. The zero-order chi connectivity index (χ0) is 29.2. The van der Waals surface area contributed by atoms with Crippen LogP contribution in [-0.2, 0) is 25.5 Å². The van der Waals surface area contributed by atoms with E-state index in [1.54, 1.807) is 19.5 Å². The smallest absolute Gasteiger partial charge is 0.414 e. The van der Waals surface area contributed by atoms with Gasteiger partial charge in [-0.05, 0) is 86.4 Å². The molecule has 41 heavy (non-hydrogen) atoms.